The lowest BCUT2D eigenvalue weighted by molar-refractivity contribution is -0.121. The molecule has 0 atom stereocenters. The van der Waals surface area contributed by atoms with Gasteiger partial charge in [-0.05, 0) is 49.2 Å². The zero-order valence-corrected chi connectivity index (χ0v) is 13.7. The lowest BCUT2D eigenvalue weighted by Gasteiger charge is -2.07. The van der Waals surface area contributed by atoms with Gasteiger partial charge in [-0.15, -0.1) is 5.10 Å². The van der Waals surface area contributed by atoms with Crippen molar-refractivity contribution in [3.63, 3.8) is 0 Å². The summed E-state index contributed by atoms with van der Waals surface area (Å²) in [6, 6.07) is 13.4. The predicted molar refractivity (Wildman–Crippen MR) is 91.7 cm³/mol. The molecular formula is C18H19FN4O2. The number of nitrogens with zero attached hydrogens (tertiary/aromatic N) is 3. The molecule has 7 heteroatoms. The highest BCUT2D eigenvalue weighted by Crippen LogP contribution is 2.11. The van der Waals surface area contributed by atoms with Crippen LogP contribution in [-0.4, -0.2) is 34.1 Å². The number of halogens is 1. The number of unbranched alkanes of at least 4 members (excludes halogenated alkanes) is 1. The zero-order valence-electron chi connectivity index (χ0n) is 13.7. The molecule has 0 fully saturated rings. The zero-order chi connectivity index (χ0) is 17.5. The predicted octanol–water partition coefficient (Wildman–Crippen LogP) is 2.55. The van der Waals surface area contributed by atoms with E-state index in [0.29, 0.717) is 18.9 Å². The van der Waals surface area contributed by atoms with Gasteiger partial charge in [-0.2, -0.15) is 0 Å². The van der Waals surface area contributed by atoms with Gasteiger partial charge in [0.05, 0.1) is 12.1 Å². The van der Waals surface area contributed by atoms with E-state index in [1.165, 1.54) is 12.1 Å². The van der Waals surface area contributed by atoms with Gasteiger partial charge >= 0.3 is 0 Å². The Hall–Kier alpha value is -2.96. The molecule has 130 valence electrons. The minimum Gasteiger partial charge on any atom is -0.494 e. The van der Waals surface area contributed by atoms with Crippen molar-refractivity contribution >= 4 is 16.9 Å². The highest BCUT2D eigenvalue weighted by Gasteiger charge is 2.07. The van der Waals surface area contributed by atoms with Crippen molar-refractivity contribution in [1.29, 1.82) is 0 Å². The van der Waals surface area contributed by atoms with E-state index in [2.05, 4.69) is 15.6 Å². The summed E-state index contributed by atoms with van der Waals surface area (Å²) in [6.45, 7) is 1.24. The second-order valence-corrected chi connectivity index (χ2v) is 5.60. The van der Waals surface area contributed by atoms with Crippen LogP contribution >= 0.6 is 0 Å². The third kappa shape index (κ3) is 4.76. The van der Waals surface area contributed by atoms with Gasteiger partial charge in [0.25, 0.3) is 0 Å². The molecule has 0 spiro atoms. The molecule has 1 heterocycles. The second kappa shape index (κ2) is 8.23. The molecule has 0 radical (unpaired) electrons. The molecule has 6 nitrogen and oxygen atoms in total. The Morgan fingerprint density at radius 2 is 1.92 bits per heavy atom. The quantitative estimate of drug-likeness (QED) is 0.639. The highest BCUT2D eigenvalue weighted by molar-refractivity contribution is 5.79. The Kier molecular flexibility index (Phi) is 5.56. The molecule has 0 saturated heterocycles. The van der Waals surface area contributed by atoms with Crippen LogP contribution in [0.25, 0.3) is 11.0 Å². The SMILES string of the molecule is O=C(Cn1nnc2ccccc21)NCCCCOc1ccc(F)cc1. The van der Waals surface area contributed by atoms with Gasteiger partial charge in [-0.25, -0.2) is 9.07 Å². The van der Waals surface area contributed by atoms with Gasteiger partial charge in [-0.1, -0.05) is 17.3 Å². The summed E-state index contributed by atoms with van der Waals surface area (Å²) in [5.41, 5.74) is 1.61. The molecule has 25 heavy (non-hydrogen) atoms. The maximum Gasteiger partial charge on any atom is 0.241 e. The molecule has 0 aliphatic carbocycles. The standard InChI is InChI=1S/C18H19FN4O2/c19-14-7-9-15(10-8-14)25-12-4-3-11-20-18(24)13-23-17-6-2-1-5-16(17)21-22-23/h1-2,5-10H,3-4,11-13H2,(H,20,24). The number of ether oxygens (including phenoxy) is 1. The summed E-state index contributed by atoms with van der Waals surface area (Å²) in [7, 11) is 0. The van der Waals surface area contributed by atoms with Crippen LogP contribution in [0.1, 0.15) is 12.8 Å². The first-order chi connectivity index (χ1) is 12.2. The van der Waals surface area contributed by atoms with E-state index in [4.69, 9.17) is 4.74 Å². The van der Waals surface area contributed by atoms with Crippen molar-refractivity contribution in [3.8, 4) is 5.75 Å². The van der Waals surface area contributed by atoms with Gasteiger partial charge in [0.2, 0.25) is 5.91 Å². The van der Waals surface area contributed by atoms with E-state index in [0.717, 1.165) is 23.9 Å². The number of amides is 1. The van der Waals surface area contributed by atoms with E-state index >= 15 is 0 Å². The molecular weight excluding hydrogens is 323 g/mol. The minimum absolute atomic E-state index is 0.102. The van der Waals surface area contributed by atoms with E-state index in [1.807, 2.05) is 24.3 Å². The summed E-state index contributed by atoms with van der Waals surface area (Å²) >= 11 is 0. The van der Waals surface area contributed by atoms with Crippen molar-refractivity contribution in [2.75, 3.05) is 13.2 Å². The summed E-state index contributed by atoms with van der Waals surface area (Å²) in [5.74, 6) is 0.258. The summed E-state index contributed by atoms with van der Waals surface area (Å²) in [5, 5.41) is 10.9. The molecule has 0 aliphatic heterocycles. The fourth-order valence-electron chi connectivity index (χ4n) is 2.40. The first-order valence-corrected chi connectivity index (χ1v) is 8.16. The number of para-hydroxylation sites is 1. The number of carbonyl (C=O) groups is 1. The number of carbonyl (C=O) groups excluding carboxylic acids is 1. The molecule has 0 saturated carbocycles. The topological polar surface area (TPSA) is 69.0 Å². The number of rotatable bonds is 8. The van der Waals surface area contributed by atoms with Crippen LogP contribution in [0.5, 0.6) is 5.75 Å². The van der Waals surface area contributed by atoms with Crippen molar-refractivity contribution in [2.45, 2.75) is 19.4 Å². The van der Waals surface area contributed by atoms with Gasteiger partial charge in [0.1, 0.15) is 23.6 Å². The minimum atomic E-state index is -0.282. The Balaban J connectivity index is 1.33. The normalized spacial score (nSPS) is 10.8. The molecule has 2 aromatic carbocycles. The lowest BCUT2D eigenvalue weighted by atomic mass is 10.3. The smallest absolute Gasteiger partial charge is 0.241 e. The molecule has 0 aliphatic rings. The van der Waals surface area contributed by atoms with Crippen LogP contribution in [0, 0.1) is 5.82 Å². The Morgan fingerprint density at radius 3 is 2.76 bits per heavy atom. The van der Waals surface area contributed by atoms with Crippen molar-refractivity contribution < 1.29 is 13.9 Å². The maximum absolute atomic E-state index is 12.8. The van der Waals surface area contributed by atoms with Gasteiger partial charge < -0.3 is 10.1 Å². The number of fused-ring (bicyclic) bond motifs is 1. The van der Waals surface area contributed by atoms with Crippen LogP contribution in [0.3, 0.4) is 0 Å². The third-order valence-electron chi connectivity index (χ3n) is 3.69. The molecule has 3 rings (SSSR count). The van der Waals surface area contributed by atoms with E-state index in [9.17, 15) is 9.18 Å². The van der Waals surface area contributed by atoms with Gasteiger partial charge in [0, 0.05) is 6.54 Å². The fraction of sp³-hybridized carbons (Fsp3) is 0.278. The number of benzene rings is 2. The van der Waals surface area contributed by atoms with Crippen LogP contribution in [-0.2, 0) is 11.3 Å². The second-order valence-electron chi connectivity index (χ2n) is 5.60. The first kappa shape index (κ1) is 16.9. The summed E-state index contributed by atoms with van der Waals surface area (Å²) in [6.07, 6.45) is 1.59. The van der Waals surface area contributed by atoms with E-state index in [-0.39, 0.29) is 18.3 Å². The van der Waals surface area contributed by atoms with E-state index < -0.39 is 0 Å². The van der Waals surface area contributed by atoms with Crippen molar-refractivity contribution in [1.82, 2.24) is 20.3 Å². The molecule has 0 bridgehead atoms. The molecule has 1 aromatic heterocycles. The Morgan fingerprint density at radius 1 is 1.12 bits per heavy atom. The molecule has 1 N–H and O–H groups in total. The largest absolute Gasteiger partial charge is 0.494 e. The number of hydrogen-bond acceptors (Lipinski definition) is 4. The van der Waals surface area contributed by atoms with Crippen LogP contribution < -0.4 is 10.1 Å². The van der Waals surface area contributed by atoms with Crippen molar-refractivity contribution in [2.24, 2.45) is 0 Å². The number of hydrogen-bond donors (Lipinski definition) is 1. The Bertz CT molecular complexity index is 832. The Labute approximate surface area is 144 Å². The van der Waals surface area contributed by atoms with Crippen LogP contribution in [0.15, 0.2) is 48.5 Å². The van der Waals surface area contributed by atoms with E-state index in [1.54, 1.807) is 16.8 Å². The monoisotopic (exact) mass is 342 g/mol. The first-order valence-electron chi connectivity index (χ1n) is 8.16. The average molecular weight is 342 g/mol. The lowest BCUT2D eigenvalue weighted by Crippen LogP contribution is -2.29. The highest BCUT2D eigenvalue weighted by atomic mass is 19.1. The molecule has 1 amide bonds. The number of aromatic nitrogens is 3. The van der Waals surface area contributed by atoms with Gasteiger partial charge in [0.15, 0.2) is 0 Å². The van der Waals surface area contributed by atoms with Crippen LogP contribution in [0.2, 0.25) is 0 Å². The summed E-state index contributed by atoms with van der Waals surface area (Å²) < 4.78 is 19.9. The van der Waals surface area contributed by atoms with Crippen molar-refractivity contribution in [3.05, 3.63) is 54.3 Å². The number of nitrogens with one attached hydrogen (secondary N) is 1. The fourth-order valence-corrected chi connectivity index (χ4v) is 2.40. The third-order valence-corrected chi connectivity index (χ3v) is 3.69. The molecule has 3 aromatic rings. The van der Waals surface area contributed by atoms with Crippen LogP contribution in [0.4, 0.5) is 4.39 Å². The molecule has 0 unspecified atom stereocenters. The average Bonchev–Trinajstić information content (AvgIpc) is 3.02. The summed E-state index contributed by atoms with van der Waals surface area (Å²) in [4.78, 5) is 12.0. The maximum atomic E-state index is 12.8. The van der Waals surface area contributed by atoms with Gasteiger partial charge in [-0.3, -0.25) is 4.79 Å².